The van der Waals surface area contributed by atoms with Crippen molar-refractivity contribution in [2.24, 2.45) is 5.16 Å². The molecule has 0 aliphatic heterocycles. The van der Waals surface area contributed by atoms with E-state index in [4.69, 9.17) is 9.26 Å². The van der Waals surface area contributed by atoms with Crippen LogP contribution in [0.5, 0.6) is 5.75 Å². The molecule has 10 heteroatoms. The highest BCUT2D eigenvalue weighted by molar-refractivity contribution is 6.74. The lowest BCUT2D eigenvalue weighted by Crippen LogP contribution is -2.44. The van der Waals surface area contributed by atoms with E-state index in [1.807, 2.05) is 13.1 Å². The molecule has 190 valence electrons. The standard InChI is InChI=1S/C25H32F3N3O3Si/c1-25(2,3)35(5,6)34-31-21-12-11-18(22-19(27)13-17(33-4)14-20(22)28)23(21)30-24(32)29-16-9-7-15(26)8-10-16/h7-10,13-14,18,23H,11-12H2,1-6H3,(H2,29,30,32)/b31-21+/t18-,23-/m0/s1. The van der Waals surface area contributed by atoms with Crippen molar-refractivity contribution < 1.29 is 27.2 Å². The normalized spacial score (nSPS) is 19.5. The molecule has 1 fully saturated rings. The van der Waals surface area contributed by atoms with E-state index < -0.39 is 43.8 Å². The SMILES string of the molecule is COc1cc(F)c([C@@H]2CC/C(=N\O[Si](C)(C)C(C)(C)C)[C@H]2NC(=O)Nc2ccc(F)cc2)c(F)c1. The Morgan fingerprint density at radius 1 is 1.09 bits per heavy atom. The highest BCUT2D eigenvalue weighted by atomic mass is 28.4. The third-order valence-electron chi connectivity index (χ3n) is 6.72. The van der Waals surface area contributed by atoms with Crippen LogP contribution in [-0.4, -0.2) is 33.2 Å². The predicted molar refractivity (Wildman–Crippen MR) is 133 cm³/mol. The van der Waals surface area contributed by atoms with Crippen molar-refractivity contribution in [3.05, 3.63) is 59.4 Å². The minimum Gasteiger partial charge on any atom is -0.497 e. The van der Waals surface area contributed by atoms with Gasteiger partial charge in [0.1, 0.15) is 23.2 Å². The summed E-state index contributed by atoms with van der Waals surface area (Å²) >= 11 is 0. The third kappa shape index (κ3) is 6.16. The quantitative estimate of drug-likeness (QED) is 0.344. The Labute approximate surface area is 205 Å². The van der Waals surface area contributed by atoms with E-state index in [1.54, 1.807) is 0 Å². The second-order valence-electron chi connectivity index (χ2n) is 10.2. The van der Waals surface area contributed by atoms with Gasteiger partial charge in [0.05, 0.1) is 18.9 Å². The monoisotopic (exact) mass is 507 g/mol. The Hall–Kier alpha value is -3.01. The molecular weight excluding hydrogens is 475 g/mol. The van der Waals surface area contributed by atoms with E-state index in [0.29, 0.717) is 24.2 Å². The fraction of sp³-hybridized carbons (Fsp3) is 0.440. The molecule has 0 saturated heterocycles. The summed E-state index contributed by atoms with van der Waals surface area (Å²) in [5.74, 6) is -2.60. The highest BCUT2D eigenvalue weighted by Crippen LogP contribution is 2.40. The van der Waals surface area contributed by atoms with Gasteiger partial charge in [-0.3, -0.25) is 0 Å². The zero-order chi connectivity index (χ0) is 26.0. The zero-order valence-corrected chi connectivity index (χ0v) is 21.8. The molecule has 2 aromatic carbocycles. The van der Waals surface area contributed by atoms with Gasteiger partial charge < -0.3 is 19.9 Å². The maximum absolute atomic E-state index is 15.0. The number of benzene rings is 2. The summed E-state index contributed by atoms with van der Waals surface area (Å²) in [6.45, 7) is 10.3. The van der Waals surface area contributed by atoms with Crippen LogP contribution in [-0.2, 0) is 4.53 Å². The number of ether oxygens (including phenoxy) is 1. The van der Waals surface area contributed by atoms with E-state index in [2.05, 4.69) is 36.6 Å². The van der Waals surface area contributed by atoms with Crippen molar-refractivity contribution >= 4 is 25.7 Å². The van der Waals surface area contributed by atoms with Gasteiger partial charge in [-0.05, 0) is 55.2 Å². The average Bonchev–Trinajstić information content (AvgIpc) is 3.14. The number of anilines is 1. The maximum Gasteiger partial charge on any atom is 0.319 e. The summed E-state index contributed by atoms with van der Waals surface area (Å²) in [5, 5.41) is 9.71. The van der Waals surface area contributed by atoms with Gasteiger partial charge >= 0.3 is 6.03 Å². The summed E-state index contributed by atoms with van der Waals surface area (Å²) in [7, 11) is -0.930. The number of urea groups is 1. The van der Waals surface area contributed by atoms with E-state index in [9.17, 15) is 18.0 Å². The number of halogens is 3. The Bertz CT molecular complexity index is 1080. The molecule has 35 heavy (non-hydrogen) atoms. The molecule has 2 aromatic rings. The van der Waals surface area contributed by atoms with Crippen molar-refractivity contribution in [1.82, 2.24) is 5.32 Å². The number of rotatable bonds is 6. The van der Waals surface area contributed by atoms with Crippen LogP contribution in [0.15, 0.2) is 41.6 Å². The molecule has 0 radical (unpaired) electrons. The van der Waals surface area contributed by atoms with Crippen molar-refractivity contribution in [3.8, 4) is 5.75 Å². The number of nitrogens with zero attached hydrogens (tertiary/aromatic N) is 1. The molecule has 0 spiro atoms. The summed E-state index contributed by atoms with van der Waals surface area (Å²) in [6.07, 6.45) is 0.757. The van der Waals surface area contributed by atoms with Gasteiger partial charge in [-0.2, -0.15) is 0 Å². The molecular formula is C25H32F3N3O3Si. The van der Waals surface area contributed by atoms with E-state index >= 15 is 0 Å². The lowest BCUT2D eigenvalue weighted by atomic mass is 9.92. The first-order valence-corrected chi connectivity index (χ1v) is 14.3. The number of hydrogen-bond acceptors (Lipinski definition) is 4. The molecule has 2 atom stereocenters. The number of nitrogens with one attached hydrogen (secondary N) is 2. The van der Waals surface area contributed by atoms with E-state index in [1.165, 1.54) is 31.4 Å². The first-order valence-electron chi connectivity index (χ1n) is 11.4. The van der Waals surface area contributed by atoms with Gasteiger partial charge in [0.25, 0.3) is 8.32 Å². The first-order chi connectivity index (χ1) is 16.3. The van der Waals surface area contributed by atoms with Crippen molar-refractivity contribution in [2.75, 3.05) is 12.4 Å². The average molecular weight is 508 g/mol. The summed E-state index contributed by atoms with van der Waals surface area (Å²) < 4.78 is 54.1. The number of amides is 2. The summed E-state index contributed by atoms with van der Waals surface area (Å²) in [6, 6.07) is 6.09. The molecule has 0 heterocycles. The third-order valence-corrected chi connectivity index (χ3v) is 10.9. The Morgan fingerprint density at radius 2 is 1.69 bits per heavy atom. The van der Waals surface area contributed by atoms with Crippen LogP contribution in [0.2, 0.25) is 18.1 Å². The van der Waals surface area contributed by atoms with Crippen LogP contribution in [0.25, 0.3) is 0 Å². The van der Waals surface area contributed by atoms with Crippen LogP contribution in [0.4, 0.5) is 23.7 Å². The molecule has 2 N–H and O–H groups in total. The molecule has 0 bridgehead atoms. The van der Waals surface area contributed by atoms with Gasteiger partial charge in [-0.25, -0.2) is 18.0 Å². The first kappa shape index (κ1) is 26.6. The minimum atomic E-state index is -2.26. The summed E-state index contributed by atoms with van der Waals surface area (Å²) in [4.78, 5) is 12.8. The molecule has 1 aliphatic carbocycles. The van der Waals surface area contributed by atoms with Crippen LogP contribution < -0.4 is 15.4 Å². The lowest BCUT2D eigenvalue weighted by Gasteiger charge is -2.33. The fourth-order valence-electron chi connectivity index (χ4n) is 3.64. The van der Waals surface area contributed by atoms with Crippen molar-refractivity contribution in [3.63, 3.8) is 0 Å². The van der Waals surface area contributed by atoms with Gasteiger partial charge in [0.2, 0.25) is 0 Å². The van der Waals surface area contributed by atoms with Crippen molar-refractivity contribution in [2.45, 2.75) is 63.7 Å². The van der Waals surface area contributed by atoms with Crippen LogP contribution in [0.1, 0.15) is 45.1 Å². The van der Waals surface area contributed by atoms with Gasteiger partial charge in [0, 0.05) is 29.3 Å². The number of oxime groups is 1. The van der Waals surface area contributed by atoms with Crippen LogP contribution in [0.3, 0.4) is 0 Å². The topological polar surface area (TPSA) is 72.0 Å². The Morgan fingerprint density at radius 3 is 2.23 bits per heavy atom. The molecule has 2 amide bonds. The largest absolute Gasteiger partial charge is 0.497 e. The van der Waals surface area contributed by atoms with Gasteiger partial charge in [-0.1, -0.05) is 20.8 Å². The van der Waals surface area contributed by atoms with Gasteiger partial charge in [0.15, 0.2) is 0 Å². The molecule has 1 aliphatic rings. The van der Waals surface area contributed by atoms with Gasteiger partial charge in [-0.15, -0.1) is 5.16 Å². The Kier molecular flexibility index (Phi) is 7.83. The molecule has 0 unspecified atom stereocenters. The predicted octanol–water partition coefficient (Wildman–Crippen LogP) is 6.56. The molecule has 0 aromatic heterocycles. The minimum absolute atomic E-state index is 0.0652. The molecule has 3 rings (SSSR count). The number of carbonyl (C=O) groups is 1. The number of carbonyl (C=O) groups excluding carboxylic acids is 1. The van der Waals surface area contributed by atoms with E-state index in [-0.39, 0.29) is 16.4 Å². The lowest BCUT2D eigenvalue weighted by molar-refractivity contribution is 0.249. The van der Waals surface area contributed by atoms with E-state index in [0.717, 1.165) is 12.1 Å². The molecule has 1 saturated carbocycles. The highest BCUT2D eigenvalue weighted by Gasteiger charge is 2.42. The van der Waals surface area contributed by atoms with Crippen molar-refractivity contribution in [1.29, 1.82) is 0 Å². The number of methoxy groups -OCH3 is 1. The second-order valence-corrected chi connectivity index (χ2v) is 14.9. The zero-order valence-electron chi connectivity index (χ0n) is 20.8. The smallest absolute Gasteiger partial charge is 0.319 e. The Balaban J connectivity index is 1.92. The maximum atomic E-state index is 15.0. The molecule has 6 nitrogen and oxygen atoms in total. The number of hydrogen-bond donors (Lipinski definition) is 2. The van der Waals surface area contributed by atoms with Crippen LogP contribution in [0, 0.1) is 17.5 Å². The fourth-order valence-corrected chi connectivity index (χ4v) is 4.26. The van der Waals surface area contributed by atoms with Crippen LogP contribution >= 0.6 is 0 Å². The summed E-state index contributed by atoms with van der Waals surface area (Å²) in [5.41, 5.74) is 0.732. The second kappa shape index (κ2) is 10.3.